The van der Waals surface area contributed by atoms with E-state index in [1.54, 1.807) is 12.4 Å². The quantitative estimate of drug-likeness (QED) is 0.539. The molecule has 156 valence electrons. The van der Waals surface area contributed by atoms with Crippen molar-refractivity contribution >= 4 is 16.8 Å². The van der Waals surface area contributed by atoms with Crippen LogP contribution in [0.4, 0.5) is 0 Å². The standard InChI is InChI=1S/C24H29N5O/c30-24(28-17-19-9-14-26-15-10-19)23(27-16-11-18-7-12-25-13-8-18)22-6-5-20-3-1-2-4-21(20)29-22/h1-6,9-10,14-15,18,23,25,27H,7-8,11-13,16-17H2,(H,28,30). The second kappa shape index (κ2) is 10.3. The Balaban J connectivity index is 1.46. The summed E-state index contributed by atoms with van der Waals surface area (Å²) in [6.07, 6.45) is 6.95. The summed E-state index contributed by atoms with van der Waals surface area (Å²) in [4.78, 5) is 21.9. The highest BCUT2D eigenvalue weighted by molar-refractivity contribution is 5.84. The van der Waals surface area contributed by atoms with Gasteiger partial charge < -0.3 is 16.0 Å². The number of nitrogens with zero attached hydrogens (tertiary/aromatic N) is 2. The molecule has 3 N–H and O–H groups in total. The van der Waals surface area contributed by atoms with Crippen LogP contribution in [0, 0.1) is 5.92 Å². The van der Waals surface area contributed by atoms with E-state index in [-0.39, 0.29) is 5.91 Å². The van der Waals surface area contributed by atoms with Crippen LogP contribution in [0.1, 0.15) is 36.6 Å². The molecule has 0 bridgehead atoms. The van der Waals surface area contributed by atoms with Gasteiger partial charge in [0.05, 0.1) is 11.2 Å². The Morgan fingerprint density at radius 3 is 2.70 bits per heavy atom. The summed E-state index contributed by atoms with van der Waals surface area (Å²) in [5.41, 5.74) is 2.69. The van der Waals surface area contributed by atoms with Crippen LogP contribution in [-0.2, 0) is 11.3 Å². The molecule has 0 aliphatic carbocycles. The van der Waals surface area contributed by atoms with E-state index in [1.165, 1.54) is 12.8 Å². The van der Waals surface area contributed by atoms with Gasteiger partial charge in [0.25, 0.3) is 0 Å². The number of hydrogen-bond acceptors (Lipinski definition) is 5. The monoisotopic (exact) mass is 403 g/mol. The van der Waals surface area contributed by atoms with Gasteiger partial charge in [0.2, 0.25) is 5.91 Å². The number of para-hydroxylation sites is 1. The van der Waals surface area contributed by atoms with E-state index < -0.39 is 6.04 Å². The largest absolute Gasteiger partial charge is 0.350 e. The number of aromatic nitrogens is 2. The molecule has 1 aliphatic heterocycles. The maximum Gasteiger partial charge on any atom is 0.243 e. The molecular weight excluding hydrogens is 374 g/mol. The summed E-state index contributed by atoms with van der Waals surface area (Å²) in [6.45, 7) is 3.45. The molecule has 1 aromatic carbocycles. The number of carbonyl (C=O) groups is 1. The van der Waals surface area contributed by atoms with Crippen LogP contribution in [-0.4, -0.2) is 35.5 Å². The van der Waals surface area contributed by atoms with Crippen LogP contribution in [0.5, 0.6) is 0 Å². The van der Waals surface area contributed by atoms with E-state index in [1.807, 2.05) is 48.5 Å². The van der Waals surface area contributed by atoms with Crippen molar-refractivity contribution in [2.75, 3.05) is 19.6 Å². The van der Waals surface area contributed by atoms with Crippen LogP contribution < -0.4 is 16.0 Å². The van der Waals surface area contributed by atoms with Crippen LogP contribution in [0.15, 0.2) is 60.9 Å². The Morgan fingerprint density at radius 1 is 1.07 bits per heavy atom. The summed E-state index contributed by atoms with van der Waals surface area (Å²) in [5.74, 6) is 0.656. The Morgan fingerprint density at radius 2 is 1.87 bits per heavy atom. The van der Waals surface area contributed by atoms with Crippen molar-refractivity contribution in [3.05, 3.63) is 72.2 Å². The number of amides is 1. The van der Waals surface area contributed by atoms with Crippen molar-refractivity contribution < 1.29 is 4.79 Å². The summed E-state index contributed by atoms with van der Waals surface area (Å²) in [6, 6.07) is 15.3. The molecule has 1 saturated heterocycles. The molecule has 30 heavy (non-hydrogen) atoms. The van der Waals surface area contributed by atoms with Crippen molar-refractivity contribution in [1.29, 1.82) is 0 Å². The lowest BCUT2D eigenvalue weighted by Gasteiger charge is -2.24. The van der Waals surface area contributed by atoms with Crippen molar-refractivity contribution in [3.8, 4) is 0 Å². The van der Waals surface area contributed by atoms with Gasteiger partial charge in [-0.3, -0.25) is 14.8 Å². The molecule has 1 aliphatic rings. The Labute approximate surface area is 177 Å². The fourth-order valence-electron chi connectivity index (χ4n) is 3.97. The number of carbonyl (C=O) groups excluding carboxylic acids is 1. The van der Waals surface area contributed by atoms with Gasteiger partial charge in [0, 0.05) is 24.3 Å². The predicted molar refractivity (Wildman–Crippen MR) is 119 cm³/mol. The van der Waals surface area contributed by atoms with Crippen LogP contribution in [0.25, 0.3) is 10.9 Å². The molecule has 0 radical (unpaired) electrons. The zero-order valence-electron chi connectivity index (χ0n) is 17.2. The predicted octanol–water partition coefficient (Wildman–Crippen LogP) is 2.97. The SMILES string of the molecule is O=C(NCc1ccncc1)C(NCCC1CCNCC1)c1ccc2ccccc2n1. The number of pyridine rings is 2. The molecule has 3 aromatic rings. The van der Waals surface area contributed by atoms with E-state index in [9.17, 15) is 4.79 Å². The molecular formula is C24H29N5O. The number of fused-ring (bicyclic) bond motifs is 1. The first-order valence-corrected chi connectivity index (χ1v) is 10.8. The Hall–Kier alpha value is -2.83. The smallest absolute Gasteiger partial charge is 0.243 e. The Kier molecular flexibility index (Phi) is 7.00. The number of rotatable bonds is 8. The lowest BCUT2D eigenvalue weighted by atomic mass is 9.94. The second-order valence-electron chi connectivity index (χ2n) is 7.87. The maximum atomic E-state index is 13.1. The molecule has 3 heterocycles. The highest BCUT2D eigenvalue weighted by Crippen LogP contribution is 2.19. The minimum Gasteiger partial charge on any atom is -0.350 e. The van der Waals surface area contributed by atoms with Gasteiger partial charge >= 0.3 is 0 Å². The van der Waals surface area contributed by atoms with E-state index in [0.717, 1.165) is 48.2 Å². The van der Waals surface area contributed by atoms with Crippen LogP contribution in [0.2, 0.25) is 0 Å². The molecule has 1 atom stereocenters. The molecule has 2 aromatic heterocycles. The molecule has 4 rings (SSSR count). The Bertz CT molecular complexity index is 956. The number of piperidine rings is 1. The zero-order valence-corrected chi connectivity index (χ0v) is 17.2. The fraction of sp³-hybridized carbons (Fsp3) is 0.375. The van der Waals surface area contributed by atoms with Gasteiger partial charge in [0.1, 0.15) is 6.04 Å². The molecule has 1 unspecified atom stereocenters. The molecule has 1 fully saturated rings. The van der Waals surface area contributed by atoms with Gasteiger partial charge in [-0.15, -0.1) is 0 Å². The second-order valence-corrected chi connectivity index (χ2v) is 7.87. The third-order valence-electron chi connectivity index (χ3n) is 5.75. The molecule has 6 nitrogen and oxygen atoms in total. The summed E-state index contributed by atoms with van der Waals surface area (Å²) >= 11 is 0. The minimum atomic E-state index is -0.474. The lowest BCUT2D eigenvalue weighted by molar-refractivity contribution is -0.123. The minimum absolute atomic E-state index is 0.0556. The highest BCUT2D eigenvalue weighted by Gasteiger charge is 2.22. The van der Waals surface area contributed by atoms with Gasteiger partial charge in [-0.05, 0) is 74.6 Å². The van der Waals surface area contributed by atoms with Crippen molar-refractivity contribution in [2.45, 2.75) is 31.8 Å². The highest BCUT2D eigenvalue weighted by atomic mass is 16.2. The summed E-state index contributed by atoms with van der Waals surface area (Å²) in [7, 11) is 0. The average molecular weight is 404 g/mol. The first kappa shape index (κ1) is 20.4. The molecule has 0 saturated carbocycles. The van der Waals surface area contributed by atoms with E-state index in [0.29, 0.717) is 12.5 Å². The topological polar surface area (TPSA) is 78.9 Å². The van der Waals surface area contributed by atoms with Gasteiger partial charge in [0.15, 0.2) is 0 Å². The summed E-state index contributed by atoms with van der Waals surface area (Å²) in [5, 5.41) is 11.0. The number of benzene rings is 1. The van der Waals surface area contributed by atoms with Gasteiger partial charge in [-0.25, -0.2) is 0 Å². The number of hydrogen-bond donors (Lipinski definition) is 3. The van der Waals surface area contributed by atoms with Crippen molar-refractivity contribution in [2.24, 2.45) is 5.92 Å². The first-order chi connectivity index (χ1) is 14.8. The zero-order chi connectivity index (χ0) is 20.6. The van der Waals surface area contributed by atoms with Crippen molar-refractivity contribution in [1.82, 2.24) is 25.9 Å². The molecule has 6 heteroatoms. The van der Waals surface area contributed by atoms with Crippen LogP contribution >= 0.6 is 0 Å². The average Bonchev–Trinajstić information content (AvgIpc) is 2.81. The molecule has 1 amide bonds. The number of nitrogens with one attached hydrogen (secondary N) is 3. The third kappa shape index (κ3) is 5.40. The normalized spacial score (nSPS) is 15.7. The van der Waals surface area contributed by atoms with Gasteiger partial charge in [-0.2, -0.15) is 0 Å². The van der Waals surface area contributed by atoms with Crippen molar-refractivity contribution in [3.63, 3.8) is 0 Å². The molecule has 0 spiro atoms. The maximum absolute atomic E-state index is 13.1. The van der Waals surface area contributed by atoms with Crippen LogP contribution in [0.3, 0.4) is 0 Å². The van der Waals surface area contributed by atoms with E-state index in [4.69, 9.17) is 4.98 Å². The van der Waals surface area contributed by atoms with E-state index in [2.05, 4.69) is 20.9 Å². The third-order valence-corrected chi connectivity index (χ3v) is 5.75. The van der Waals surface area contributed by atoms with E-state index >= 15 is 0 Å². The lowest BCUT2D eigenvalue weighted by Crippen LogP contribution is -2.39. The summed E-state index contributed by atoms with van der Waals surface area (Å²) < 4.78 is 0. The fourth-order valence-corrected chi connectivity index (χ4v) is 3.97. The first-order valence-electron chi connectivity index (χ1n) is 10.8. The van der Waals surface area contributed by atoms with Gasteiger partial charge in [-0.1, -0.05) is 24.3 Å².